The zero-order chi connectivity index (χ0) is 24.4. The molecule has 0 radical (unpaired) electrons. The third-order valence-corrected chi connectivity index (χ3v) is 6.99. The third-order valence-electron chi connectivity index (χ3n) is 6.99. The molecule has 1 amide bonds. The number of nitrogens with one attached hydrogen (secondary N) is 1. The summed E-state index contributed by atoms with van der Waals surface area (Å²) in [4.78, 5) is 26.4. The molecule has 0 saturated carbocycles. The molecule has 0 bridgehead atoms. The SMILES string of the molecule is CC(=O)c1ccc(C(=O)Nc2ccc(CCN3CC4COc5ccc(C#N)cc5C4C3)cc2)cc1.Cl. The number of fused-ring (bicyclic) bond motifs is 3. The molecule has 3 aromatic carbocycles. The summed E-state index contributed by atoms with van der Waals surface area (Å²) in [5.74, 6) is 1.56. The molecular weight excluding hydrogens is 474 g/mol. The lowest BCUT2D eigenvalue weighted by molar-refractivity contribution is 0.101. The summed E-state index contributed by atoms with van der Waals surface area (Å²) >= 11 is 0. The summed E-state index contributed by atoms with van der Waals surface area (Å²) in [6, 6.07) is 22.6. The van der Waals surface area contributed by atoms with Gasteiger partial charge in [-0.3, -0.25) is 9.59 Å². The summed E-state index contributed by atoms with van der Waals surface area (Å²) in [6.45, 7) is 5.16. The predicted molar refractivity (Wildman–Crippen MR) is 141 cm³/mol. The number of ether oxygens (including phenoxy) is 1. The van der Waals surface area contributed by atoms with Gasteiger partial charge in [-0.2, -0.15) is 5.26 Å². The van der Waals surface area contributed by atoms with E-state index in [9.17, 15) is 14.9 Å². The molecule has 0 aliphatic carbocycles. The van der Waals surface area contributed by atoms with Gasteiger partial charge in [0, 0.05) is 53.8 Å². The summed E-state index contributed by atoms with van der Waals surface area (Å²) in [5, 5.41) is 12.2. The Morgan fingerprint density at radius 3 is 2.44 bits per heavy atom. The molecule has 7 heteroatoms. The number of likely N-dealkylation sites (tertiary alicyclic amines) is 1. The summed E-state index contributed by atoms with van der Waals surface area (Å²) < 4.78 is 5.96. The van der Waals surface area contributed by atoms with Crippen molar-refractivity contribution < 1.29 is 14.3 Å². The summed E-state index contributed by atoms with van der Waals surface area (Å²) in [7, 11) is 0. The van der Waals surface area contributed by atoms with Crippen LogP contribution in [0.25, 0.3) is 0 Å². The molecule has 1 saturated heterocycles. The highest BCUT2D eigenvalue weighted by Crippen LogP contribution is 2.41. The quantitative estimate of drug-likeness (QED) is 0.476. The van der Waals surface area contributed by atoms with Gasteiger partial charge < -0.3 is 15.0 Å². The van der Waals surface area contributed by atoms with Crippen LogP contribution >= 0.6 is 12.4 Å². The van der Waals surface area contributed by atoms with Crippen LogP contribution in [0.5, 0.6) is 5.75 Å². The Labute approximate surface area is 217 Å². The van der Waals surface area contributed by atoms with Crippen molar-refractivity contribution in [2.24, 2.45) is 5.92 Å². The highest BCUT2D eigenvalue weighted by atomic mass is 35.5. The predicted octanol–water partition coefficient (Wildman–Crippen LogP) is 5.09. The number of nitrogens with zero attached hydrogens (tertiary/aromatic N) is 2. The van der Waals surface area contributed by atoms with Gasteiger partial charge in [-0.05, 0) is 61.4 Å². The Morgan fingerprint density at radius 2 is 1.75 bits per heavy atom. The maximum Gasteiger partial charge on any atom is 0.255 e. The van der Waals surface area contributed by atoms with Gasteiger partial charge in [-0.1, -0.05) is 24.3 Å². The maximum atomic E-state index is 12.5. The average Bonchev–Trinajstić information content (AvgIpc) is 3.32. The van der Waals surface area contributed by atoms with E-state index in [4.69, 9.17) is 4.74 Å². The fourth-order valence-corrected chi connectivity index (χ4v) is 5.00. The highest BCUT2D eigenvalue weighted by Gasteiger charge is 2.38. The van der Waals surface area contributed by atoms with Crippen molar-refractivity contribution in [1.82, 2.24) is 4.90 Å². The van der Waals surface area contributed by atoms with E-state index in [0.29, 0.717) is 28.5 Å². The normalized spacial score (nSPS) is 18.1. The van der Waals surface area contributed by atoms with Crippen molar-refractivity contribution in [2.75, 3.05) is 31.6 Å². The number of amides is 1. The van der Waals surface area contributed by atoms with Gasteiger partial charge in [0.1, 0.15) is 5.75 Å². The second-order valence-corrected chi connectivity index (χ2v) is 9.34. The van der Waals surface area contributed by atoms with E-state index in [1.54, 1.807) is 24.3 Å². The first-order valence-electron chi connectivity index (χ1n) is 11.9. The van der Waals surface area contributed by atoms with E-state index in [0.717, 1.165) is 44.1 Å². The monoisotopic (exact) mass is 501 g/mol. The maximum absolute atomic E-state index is 12.5. The lowest BCUT2D eigenvalue weighted by atomic mass is 9.86. The molecule has 2 heterocycles. The van der Waals surface area contributed by atoms with Crippen LogP contribution in [0.2, 0.25) is 0 Å². The van der Waals surface area contributed by atoms with Gasteiger partial charge in [0.2, 0.25) is 0 Å². The van der Waals surface area contributed by atoms with E-state index in [1.807, 2.05) is 30.3 Å². The van der Waals surface area contributed by atoms with Crippen LogP contribution < -0.4 is 10.1 Å². The van der Waals surface area contributed by atoms with Crippen LogP contribution in [0.15, 0.2) is 66.7 Å². The van der Waals surface area contributed by atoms with Crippen molar-refractivity contribution in [3.63, 3.8) is 0 Å². The number of carbonyl (C=O) groups excluding carboxylic acids is 2. The van der Waals surface area contributed by atoms with Gasteiger partial charge >= 0.3 is 0 Å². The minimum absolute atomic E-state index is 0. The lowest BCUT2D eigenvalue weighted by Crippen LogP contribution is -2.25. The molecule has 1 N–H and O–H groups in total. The molecule has 2 aliphatic rings. The van der Waals surface area contributed by atoms with E-state index in [2.05, 4.69) is 28.4 Å². The second kappa shape index (κ2) is 10.9. The number of halogens is 1. The molecule has 36 heavy (non-hydrogen) atoms. The van der Waals surface area contributed by atoms with Crippen LogP contribution in [0.4, 0.5) is 5.69 Å². The highest BCUT2D eigenvalue weighted by molar-refractivity contribution is 6.05. The molecule has 2 aliphatic heterocycles. The van der Waals surface area contributed by atoms with Crippen LogP contribution in [-0.4, -0.2) is 42.8 Å². The van der Waals surface area contributed by atoms with Gasteiger partial charge in [0.05, 0.1) is 18.2 Å². The summed E-state index contributed by atoms with van der Waals surface area (Å²) in [6.07, 6.45) is 0.923. The van der Waals surface area contributed by atoms with E-state index in [-0.39, 0.29) is 24.1 Å². The summed E-state index contributed by atoms with van der Waals surface area (Å²) in [5.41, 5.74) is 4.91. The molecule has 184 valence electrons. The number of benzene rings is 3. The van der Waals surface area contributed by atoms with Gasteiger partial charge in [-0.15, -0.1) is 12.4 Å². The van der Waals surface area contributed by atoms with E-state index in [1.165, 1.54) is 18.1 Å². The number of carbonyl (C=O) groups is 2. The Bertz CT molecular complexity index is 1300. The average molecular weight is 502 g/mol. The van der Waals surface area contributed by atoms with E-state index < -0.39 is 0 Å². The van der Waals surface area contributed by atoms with Crippen LogP contribution in [0, 0.1) is 17.2 Å². The number of hydrogen-bond acceptors (Lipinski definition) is 5. The number of hydrogen-bond donors (Lipinski definition) is 1. The number of ketones is 1. The Morgan fingerprint density at radius 1 is 1.03 bits per heavy atom. The second-order valence-electron chi connectivity index (χ2n) is 9.34. The first-order chi connectivity index (χ1) is 17.0. The third kappa shape index (κ3) is 5.43. The van der Waals surface area contributed by atoms with Crippen molar-refractivity contribution in [1.29, 1.82) is 5.26 Å². The minimum Gasteiger partial charge on any atom is -0.493 e. The zero-order valence-electron chi connectivity index (χ0n) is 20.1. The largest absolute Gasteiger partial charge is 0.493 e. The van der Waals surface area contributed by atoms with E-state index >= 15 is 0 Å². The molecule has 3 aromatic rings. The first-order valence-corrected chi connectivity index (χ1v) is 11.9. The lowest BCUT2D eigenvalue weighted by Gasteiger charge is -2.27. The smallest absolute Gasteiger partial charge is 0.255 e. The Balaban J connectivity index is 0.00000304. The Hall–Kier alpha value is -3.66. The molecule has 2 atom stereocenters. The Kier molecular flexibility index (Phi) is 7.73. The number of anilines is 1. The first kappa shape index (κ1) is 25.4. The number of nitriles is 1. The standard InChI is InChI=1S/C29H27N3O3.ClH/c1-19(33)22-5-7-23(8-6-22)29(34)31-25-9-2-20(3-10-25)12-13-32-16-24-18-35-28-11-4-21(15-30)14-26(28)27(24)17-32;/h2-11,14,24,27H,12-13,16-18H2,1H3,(H,31,34);1H. The number of Topliss-reactive ketones (excluding diaryl/α,β-unsaturated/α-hetero) is 1. The van der Waals surface area contributed by atoms with Crippen molar-refractivity contribution in [2.45, 2.75) is 19.3 Å². The molecule has 2 unspecified atom stereocenters. The molecule has 6 nitrogen and oxygen atoms in total. The van der Waals surface area contributed by atoms with Crippen molar-refractivity contribution in [3.05, 3.63) is 94.5 Å². The van der Waals surface area contributed by atoms with Crippen molar-refractivity contribution >= 4 is 29.8 Å². The van der Waals surface area contributed by atoms with Gasteiger partial charge in [0.25, 0.3) is 5.91 Å². The van der Waals surface area contributed by atoms with Crippen LogP contribution in [0.3, 0.4) is 0 Å². The van der Waals surface area contributed by atoms with Crippen LogP contribution in [0.1, 0.15) is 50.2 Å². The molecule has 0 aromatic heterocycles. The molecule has 1 fully saturated rings. The van der Waals surface area contributed by atoms with Crippen LogP contribution in [-0.2, 0) is 6.42 Å². The molecular formula is C29H28ClN3O3. The fourth-order valence-electron chi connectivity index (χ4n) is 5.00. The molecule has 0 spiro atoms. The van der Waals surface area contributed by atoms with Crippen molar-refractivity contribution in [3.8, 4) is 11.8 Å². The molecule has 5 rings (SSSR count). The van der Waals surface area contributed by atoms with Gasteiger partial charge in [-0.25, -0.2) is 0 Å². The zero-order valence-corrected chi connectivity index (χ0v) is 20.9. The fraction of sp³-hybridized carbons (Fsp3) is 0.276. The van der Waals surface area contributed by atoms with Gasteiger partial charge in [0.15, 0.2) is 5.78 Å². The number of rotatable bonds is 6. The minimum atomic E-state index is -0.199. The topological polar surface area (TPSA) is 82.4 Å².